The highest BCUT2D eigenvalue weighted by molar-refractivity contribution is 5.60. The fraction of sp³-hybridized carbons (Fsp3) is 0.125. The molecule has 0 spiro atoms. The minimum atomic E-state index is 0.899. The number of hydrogen-bond donors (Lipinski definition) is 0. The number of hydrogen-bond acceptors (Lipinski definition) is 2. The number of benzene rings is 2. The molecule has 0 aliphatic heterocycles. The van der Waals surface area contributed by atoms with Crippen LogP contribution in [0.1, 0.15) is 11.1 Å². The zero-order valence-electron chi connectivity index (χ0n) is 11.0. The van der Waals surface area contributed by atoms with Gasteiger partial charge in [-0.1, -0.05) is 40.6 Å². The molecule has 1 aromatic heterocycles. The van der Waals surface area contributed by atoms with E-state index in [9.17, 15) is 0 Å². The molecule has 0 unspecified atom stereocenters. The van der Waals surface area contributed by atoms with Crippen LogP contribution in [0, 0.1) is 13.8 Å². The lowest BCUT2D eigenvalue weighted by molar-refractivity contribution is 0.804. The minimum Gasteiger partial charge on any atom is -0.220 e. The number of aryl methyl sites for hydroxylation is 2. The van der Waals surface area contributed by atoms with Gasteiger partial charge in [0.2, 0.25) is 0 Å². The van der Waals surface area contributed by atoms with Gasteiger partial charge in [-0.3, -0.25) is 0 Å². The van der Waals surface area contributed by atoms with E-state index in [1.807, 2.05) is 36.5 Å². The van der Waals surface area contributed by atoms with Crippen molar-refractivity contribution in [2.45, 2.75) is 13.8 Å². The number of nitrogens with zero attached hydrogens (tertiary/aromatic N) is 3. The lowest BCUT2D eigenvalue weighted by atomic mass is 10.1. The first kappa shape index (κ1) is 11.7. The Hall–Kier alpha value is -2.42. The van der Waals surface area contributed by atoms with E-state index < -0.39 is 0 Å². The third-order valence-electron chi connectivity index (χ3n) is 3.03. The monoisotopic (exact) mass is 249 g/mol. The van der Waals surface area contributed by atoms with E-state index >= 15 is 0 Å². The SMILES string of the molecule is Cc1cc(C)cc(-c2cn(-c3ccccc3)nn2)c1. The second-order valence-electron chi connectivity index (χ2n) is 4.76. The normalized spacial score (nSPS) is 10.6. The molecule has 0 N–H and O–H groups in total. The summed E-state index contributed by atoms with van der Waals surface area (Å²) >= 11 is 0. The highest BCUT2D eigenvalue weighted by Gasteiger charge is 2.06. The summed E-state index contributed by atoms with van der Waals surface area (Å²) < 4.78 is 1.80. The molecule has 0 aliphatic carbocycles. The van der Waals surface area contributed by atoms with Crippen LogP contribution < -0.4 is 0 Å². The zero-order valence-corrected chi connectivity index (χ0v) is 11.0. The molecule has 19 heavy (non-hydrogen) atoms. The van der Waals surface area contributed by atoms with Gasteiger partial charge in [0.15, 0.2) is 0 Å². The third-order valence-corrected chi connectivity index (χ3v) is 3.03. The maximum atomic E-state index is 4.26. The molecule has 3 aromatic rings. The van der Waals surface area contributed by atoms with Gasteiger partial charge in [-0.25, -0.2) is 4.68 Å². The van der Waals surface area contributed by atoms with Gasteiger partial charge >= 0.3 is 0 Å². The number of rotatable bonds is 2. The molecule has 0 amide bonds. The molecule has 3 heteroatoms. The smallest absolute Gasteiger partial charge is 0.113 e. The molecular formula is C16H15N3. The van der Waals surface area contributed by atoms with E-state index in [1.54, 1.807) is 4.68 Å². The Bertz CT molecular complexity index is 679. The van der Waals surface area contributed by atoms with Crippen LogP contribution in [0.25, 0.3) is 16.9 Å². The Balaban J connectivity index is 2.02. The fourth-order valence-corrected chi connectivity index (χ4v) is 2.23. The second kappa shape index (κ2) is 4.69. The van der Waals surface area contributed by atoms with Crippen molar-refractivity contribution in [2.24, 2.45) is 0 Å². The van der Waals surface area contributed by atoms with Gasteiger partial charge in [-0.15, -0.1) is 5.10 Å². The van der Waals surface area contributed by atoms with Crippen LogP contribution in [-0.2, 0) is 0 Å². The predicted molar refractivity (Wildman–Crippen MR) is 76.3 cm³/mol. The van der Waals surface area contributed by atoms with Crippen LogP contribution in [-0.4, -0.2) is 15.0 Å². The quantitative estimate of drug-likeness (QED) is 0.695. The van der Waals surface area contributed by atoms with Crippen molar-refractivity contribution in [3.63, 3.8) is 0 Å². The summed E-state index contributed by atoms with van der Waals surface area (Å²) in [6, 6.07) is 16.4. The molecule has 3 nitrogen and oxygen atoms in total. The minimum absolute atomic E-state index is 0.899. The van der Waals surface area contributed by atoms with E-state index in [4.69, 9.17) is 0 Å². The zero-order chi connectivity index (χ0) is 13.2. The first-order valence-electron chi connectivity index (χ1n) is 6.29. The summed E-state index contributed by atoms with van der Waals surface area (Å²) in [5.74, 6) is 0. The van der Waals surface area contributed by atoms with E-state index in [0.29, 0.717) is 0 Å². The Labute approximate surface area is 112 Å². The van der Waals surface area contributed by atoms with Crippen molar-refractivity contribution in [2.75, 3.05) is 0 Å². The van der Waals surface area contributed by atoms with E-state index in [0.717, 1.165) is 16.9 Å². The summed E-state index contributed by atoms with van der Waals surface area (Å²) in [5, 5.41) is 8.45. The molecule has 1 heterocycles. The molecular weight excluding hydrogens is 234 g/mol. The molecule has 2 aromatic carbocycles. The Morgan fingerprint density at radius 1 is 0.895 bits per heavy atom. The number of para-hydroxylation sites is 1. The summed E-state index contributed by atoms with van der Waals surface area (Å²) in [4.78, 5) is 0. The molecule has 0 fully saturated rings. The highest BCUT2D eigenvalue weighted by atomic mass is 15.4. The Morgan fingerprint density at radius 3 is 2.26 bits per heavy atom. The number of aromatic nitrogens is 3. The van der Waals surface area contributed by atoms with Gasteiger partial charge in [-0.05, 0) is 38.1 Å². The maximum Gasteiger partial charge on any atom is 0.113 e. The van der Waals surface area contributed by atoms with Crippen LogP contribution in [0.5, 0.6) is 0 Å². The van der Waals surface area contributed by atoms with Crippen LogP contribution in [0.2, 0.25) is 0 Å². The van der Waals surface area contributed by atoms with Gasteiger partial charge in [-0.2, -0.15) is 0 Å². The van der Waals surface area contributed by atoms with Crippen molar-refractivity contribution >= 4 is 0 Å². The van der Waals surface area contributed by atoms with Crippen molar-refractivity contribution in [3.05, 3.63) is 65.9 Å². The molecule has 0 radical (unpaired) electrons. The molecule has 0 bridgehead atoms. The van der Waals surface area contributed by atoms with Crippen LogP contribution >= 0.6 is 0 Å². The van der Waals surface area contributed by atoms with Gasteiger partial charge < -0.3 is 0 Å². The Morgan fingerprint density at radius 2 is 1.58 bits per heavy atom. The second-order valence-corrected chi connectivity index (χ2v) is 4.76. The van der Waals surface area contributed by atoms with Crippen LogP contribution in [0.3, 0.4) is 0 Å². The van der Waals surface area contributed by atoms with E-state index in [1.165, 1.54) is 11.1 Å². The predicted octanol–water partition coefficient (Wildman–Crippen LogP) is 3.55. The molecule has 3 rings (SSSR count). The Kier molecular flexibility index (Phi) is 2.88. The van der Waals surface area contributed by atoms with Crippen molar-refractivity contribution in [3.8, 4) is 16.9 Å². The largest absolute Gasteiger partial charge is 0.220 e. The summed E-state index contributed by atoms with van der Waals surface area (Å²) in [5.41, 5.74) is 5.51. The van der Waals surface area contributed by atoms with Crippen molar-refractivity contribution in [1.82, 2.24) is 15.0 Å². The van der Waals surface area contributed by atoms with Crippen LogP contribution in [0.15, 0.2) is 54.7 Å². The van der Waals surface area contributed by atoms with Crippen molar-refractivity contribution < 1.29 is 0 Å². The average molecular weight is 249 g/mol. The highest BCUT2D eigenvalue weighted by Crippen LogP contribution is 2.20. The topological polar surface area (TPSA) is 30.7 Å². The van der Waals surface area contributed by atoms with Gasteiger partial charge in [0, 0.05) is 5.56 Å². The van der Waals surface area contributed by atoms with Gasteiger partial charge in [0.05, 0.1) is 11.9 Å². The summed E-state index contributed by atoms with van der Waals surface area (Å²) in [6.45, 7) is 4.19. The molecule has 0 saturated carbocycles. The average Bonchev–Trinajstić information content (AvgIpc) is 2.88. The standard InChI is InChI=1S/C16H15N3/c1-12-8-13(2)10-14(9-12)16-11-19(18-17-16)15-6-4-3-5-7-15/h3-11H,1-2H3. The van der Waals surface area contributed by atoms with E-state index in [2.05, 4.69) is 42.4 Å². The van der Waals surface area contributed by atoms with Crippen LogP contribution in [0.4, 0.5) is 0 Å². The van der Waals surface area contributed by atoms with Crippen molar-refractivity contribution in [1.29, 1.82) is 0 Å². The molecule has 94 valence electrons. The third kappa shape index (κ3) is 2.40. The first-order chi connectivity index (χ1) is 9.22. The fourth-order valence-electron chi connectivity index (χ4n) is 2.23. The van der Waals surface area contributed by atoms with E-state index in [-0.39, 0.29) is 0 Å². The summed E-state index contributed by atoms with van der Waals surface area (Å²) in [7, 11) is 0. The summed E-state index contributed by atoms with van der Waals surface area (Å²) in [6.07, 6.45) is 1.96. The maximum absolute atomic E-state index is 4.26. The lowest BCUT2D eigenvalue weighted by Gasteiger charge is -2.01. The lowest BCUT2D eigenvalue weighted by Crippen LogP contribution is -1.93. The first-order valence-corrected chi connectivity index (χ1v) is 6.29. The molecule has 0 aliphatic rings. The van der Waals surface area contributed by atoms with Gasteiger partial charge in [0.1, 0.15) is 5.69 Å². The molecule has 0 saturated heterocycles. The van der Waals surface area contributed by atoms with Gasteiger partial charge in [0.25, 0.3) is 0 Å². The molecule has 0 atom stereocenters.